The molecule has 0 bridgehead atoms. The molecule has 0 radical (unpaired) electrons. The van der Waals surface area contributed by atoms with Crippen molar-refractivity contribution >= 4 is 39.5 Å². The summed E-state index contributed by atoms with van der Waals surface area (Å²) in [5, 5.41) is 10.7. The van der Waals surface area contributed by atoms with Crippen LogP contribution in [0.3, 0.4) is 0 Å². The number of esters is 4. The van der Waals surface area contributed by atoms with Crippen LogP contribution in [0.2, 0.25) is 0 Å². The van der Waals surface area contributed by atoms with Gasteiger partial charge in [-0.3, -0.25) is 37.3 Å². The fourth-order valence-electron chi connectivity index (χ4n) is 10.7. The molecule has 2 unspecified atom stereocenters. The van der Waals surface area contributed by atoms with Crippen molar-refractivity contribution in [3.05, 3.63) is 158 Å². The molecule has 0 rings (SSSR count). The van der Waals surface area contributed by atoms with Crippen LogP contribution in [0.25, 0.3) is 0 Å². The lowest BCUT2D eigenvalue weighted by atomic mass is 10.1. The third-order valence-corrected chi connectivity index (χ3v) is 18.9. The molecule has 0 spiro atoms. The van der Waals surface area contributed by atoms with E-state index in [0.717, 1.165) is 161 Å². The molecule has 0 fully saturated rings. The highest BCUT2D eigenvalue weighted by Crippen LogP contribution is 2.45. The van der Waals surface area contributed by atoms with Crippen LogP contribution < -0.4 is 0 Å². The first-order valence-corrected chi connectivity index (χ1v) is 44.7. The van der Waals surface area contributed by atoms with Gasteiger partial charge in [0.05, 0.1) is 26.4 Å². The Bertz CT molecular complexity index is 2660. The summed E-state index contributed by atoms with van der Waals surface area (Å²) in [5.41, 5.74) is 0. The molecule has 5 atom stereocenters. The van der Waals surface area contributed by atoms with Gasteiger partial charge in [-0.2, -0.15) is 0 Å². The van der Waals surface area contributed by atoms with Crippen molar-refractivity contribution < 1.29 is 80.2 Å². The second kappa shape index (κ2) is 79.8. The van der Waals surface area contributed by atoms with Gasteiger partial charge in [-0.15, -0.1) is 0 Å². The number of rotatable bonds is 77. The van der Waals surface area contributed by atoms with Crippen molar-refractivity contribution in [3.63, 3.8) is 0 Å². The van der Waals surface area contributed by atoms with Crippen LogP contribution in [0, 0.1) is 0 Å². The topological polar surface area (TPSA) is 237 Å². The summed E-state index contributed by atoms with van der Waals surface area (Å²) in [6.07, 6.45) is 93.7. The normalized spacial score (nSPS) is 14.6. The van der Waals surface area contributed by atoms with E-state index in [0.29, 0.717) is 32.1 Å². The van der Waals surface area contributed by atoms with E-state index in [1.807, 2.05) is 18.2 Å². The number of ether oxygens (including phenoxy) is 4. The zero-order valence-electron chi connectivity index (χ0n) is 67.5. The molecule has 0 aliphatic carbocycles. The number of carbonyl (C=O) groups excluding carboxylic acids is 4. The minimum Gasteiger partial charge on any atom is -0.462 e. The van der Waals surface area contributed by atoms with Crippen LogP contribution >= 0.6 is 15.6 Å². The number of allylic oxidation sites excluding steroid dienone is 26. The van der Waals surface area contributed by atoms with Crippen LogP contribution in [-0.2, 0) is 65.4 Å². The Labute approximate surface area is 655 Å². The van der Waals surface area contributed by atoms with E-state index in [1.54, 1.807) is 0 Å². The summed E-state index contributed by atoms with van der Waals surface area (Å²) < 4.78 is 68.6. The van der Waals surface area contributed by atoms with Gasteiger partial charge in [0.25, 0.3) is 0 Å². The minimum absolute atomic E-state index is 0.0301. The molecule has 0 aliphatic heterocycles. The van der Waals surface area contributed by atoms with E-state index in [9.17, 15) is 43.2 Å². The van der Waals surface area contributed by atoms with E-state index >= 15 is 0 Å². The molecular weight excluding hydrogens is 1400 g/mol. The van der Waals surface area contributed by atoms with Crippen molar-refractivity contribution in [1.82, 2.24) is 0 Å². The Morgan fingerprint density at radius 1 is 0.269 bits per heavy atom. The number of aliphatic hydroxyl groups is 1. The Morgan fingerprint density at radius 3 is 0.815 bits per heavy atom. The molecule has 17 nitrogen and oxygen atoms in total. The average molecular weight is 1550 g/mol. The molecule has 0 heterocycles. The minimum atomic E-state index is -5.01. The highest BCUT2D eigenvalue weighted by atomic mass is 31.2. The first-order valence-electron chi connectivity index (χ1n) is 41.7. The van der Waals surface area contributed by atoms with E-state index in [2.05, 4.69) is 167 Å². The van der Waals surface area contributed by atoms with Gasteiger partial charge in [0.1, 0.15) is 19.3 Å². The van der Waals surface area contributed by atoms with Crippen LogP contribution in [0.1, 0.15) is 323 Å². The quantitative estimate of drug-likeness (QED) is 0.0169. The molecule has 19 heteroatoms. The van der Waals surface area contributed by atoms with Crippen LogP contribution in [0.4, 0.5) is 0 Å². The average Bonchev–Trinajstić information content (AvgIpc) is 0.923. The van der Waals surface area contributed by atoms with Gasteiger partial charge in [-0.25, -0.2) is 9.13 Å². The third-order valence-electron chi connectivity index (χ3n) is 17.0. The number of hydrogen-bond donors (Lipinski definition) is 3. The zero-order chi connectivity index (χ0) is 78.9. The van der Waals surface area contributed by atoms with Gasteiger partial charge in [0.15, 0.2) is 12.2 Å². The molecule has 3 N–H and O–H groups in total. The van der Waals surface area contributed by atoms with Gasteiger partial charge in [0.2, 0.25) is 0 Å². The lowest BCUT2D eigenvalue weighted by Gasteiger charge is -2.21. The van der Waals surface area contributed by atoms with E-state index in [-0.39, 0.29) is 25.7 Å². The van der Waals surface area contributed by atoms with Gasteiger partial charge >= 0.3 is 39.5 Å². The Morgan fingerprint density at radius 2 is 0.500 bits per heavy atom. The summed E-state index contributed by atoms with van der Waals surface area (Å²) in [6.45, 7) is 4.51. The van der Waals surface area contributed by atoms with Gasteiger partial charge in [-0.1, -0.05) is 295 Å². The fourth-order valence-corrected chi connectivity index (χ4v) is 12.3. The monoisotopic (exact) mass is 1550 g/mol. The van der Waals surface area contributed by atoms with Gasteiger partial charge in [-0.05, 0) is 161 Å². The Hall–Kier alpha value is -5.32. The van der Waals surface area contributed by atoms with E-state index in [1.165, 1.54) is 77.0 Å². The number of carbonyl (C=O) groups is 4. The largest absolute Gasteiger partial charge is 0.472 e. The second-order valence-electron chi connectivity index (χ2n) is 27.3. The molecular formula is C89H148O17P2. The first-order chi connectivity index (χ1) is 52.7. The van der Waals surface area contributed by atoms with Crippen molar-refractivity contribution in [1.29, 1.82) is 0 Å². The van der Waals surface area contributed by atoms with Gasteiger partial charge in [0, 0.05) is 25.7 Å². The number of aliphatic hydroxyl groups excluding tert-OH is 1. The Kier molecular flexibility index (Phi) is 75.8. The second-order valence-corrected chi connectivity index (χ2v) is 30.2. The summed E-state index contributed by atoms with van der Waals surface area (Å²) in [4.78, 5) is 73.1. The van der Waals surface area contributed by atoms with Crippen molar-refractivity contribution in [2.45, 2.75) is 341 Å². The first kappa shape index (κ1) is 103. The van der Waals surface area contributed by atoms with Crippen LogP contribution in [0.15, 0.2) is 158 Å². The van der Waals surface area contributed by atoms with Crippen LogP contribution in [0.5, 0.6) is 0 Å². The Balaban J connectivity index is 5.48. The zero-order valence-corrected chi connectivity index (χ0v) is 69.3. The number of hydrogen-bond acceptors (Lipinski definition) is 15. The molecule has 0 aliphatic rings. The standard InChI is InChI=1S/C89H148O17P2/c1-5-9-13-17-21-25-29-33-37-39-41-43-47-49-53-57-61-65-69-73-86(91)99-79-84(105-88(93)75-71-67-63-59-55-51-45-35-31-27-23-19-15-11-7-3)81-103-107(95,96)101-77-83(90)78-102-108(97,98)104-82-85(106-89(94)76-72-68-64-60-56-52-46-36-32-28-24-20-16-12-8-4)80-100-87(92)74-70-66-62-58-54-50-48-44-42-40-38-34-30-26-22-18-14-10-6-2/h9-10,13-14,21-22,25-26,33-38,41-46,49-50,53-54,61,65,83-85,90H,5-8,11-12,15-20,23-24,27-32,39-40,47-48,51-52,55-60,62-64,66-82H2,1-4H3,(H,95,96)(H,97,98)/b13-9-,14-10-,25-21-,26-22-,37-33-,38-34-,43-41-,44-42-,45-35-,46-36-,53-49-,54-50-,65-61-/t83-,84-,85-/m1/s1. The number of phosphoric acid groups is 2. The molecule has 0 aromatic rings. The molecule has 108 heavy (non-hydrogen) atoms. The summed E-state index contributed by atoms with van der Waals surface area (Å²) >= 11 is 0. The number of unbranched alkanes of at least 4 members (excludes halogenated alkanes) is 25. The smallest absolute Gasteiger partial charge is 0.462 e. The van der Waals surface area contributed by atoms with E-state index in [4.69, 9.17) is 37.0 Å². The van der Waals surface area contributed by atoms with Crippen molar-refractivity contribution in [2.24, 2.45) is 0 Å². The van der Waals surface area contributed by atoms with Crippen molar-refractivity contribution in [2.75, 3.05) is 39.6 Å². The lowest BCUT2D eigenvalue weighted by molar-refractivity contribution is -0.161. The molecule has 0 saturated carbocycles. The summed E-state index contributed by atoms with van der Waals surface area (Å²) in [5.74, 6) is -2.33. The maximum Gasteiger partial charge on any atom is 0.472 e. The maximum absolute atomic E-state index is 13.1. The highest BCUT2D eigenvalue weighted by Gasteiger charge is 2.30. The highest BCUT2D eigenvalue weighted by molar-refractivity contribution is 7.47. The third kappa shape index (κ3) is 78.8. The molecule has 0 saturated heterocycles. The summed E-state index contributed by atoms with van der Waals surface area (Å²) in [7, 11) is -10.0. The SMILES string of the molecule is CC/C=C\C/C=C\C/C=C\C/C=C\C/C=C\C/C=C\CCC(=O)OC[C@H](COP(=O)(O)OC[C@@H](O)COP(=O)(O)OC[C@@H](COC(=O)CCCCC/C=C\C/C=C\C/C=C\C/C=C\C/C=C\CC)OC(=O)CCCCCCC/C=C\CCCCCCCC)OC(=O)CCCCCCC/C=C\CCCCCCCC. The molecule has 616 valence electrons. The number of phosphoric ester groups is 2. The molecule has 0 aromatic carbocycles. The molecule has 0 aromatic heterocycles. The predicted octanol–water partition coefficient (Wildman–Crippen LogP) is 24.8. The fraction of sp³-hybridized carbons (Fsp3) is 0.663. The van der Waals surface area contributed by atoms with Crippen molar-refractivity contribution in [3.8, 4) is 0 Å². The van der Waals surface area contributed by atoms with Crippen LogP contribution in [-0.4, -0.2) is 96.7 Å². The van der Waals surface area contributed by atoms with Gasteiger partial charge < -0.3 is 33.8 Å². The van der Waals surface area contributed by atoms with E-state index < -0.39 is 97.5 Å². The lowest BCUT2D eigenvalue weighted by Crippen LogP contribution is -2.30. The summed E-state index contributed by atoms with van der Waals surface area (Å²) in [6, 6.07) is 0. The predicted molar refractivity (Wildman–Crippen MR) is 445 cm³/mol. The maximum atomic E-state index is 13.1. The molecule has 0 amide bonds.